The van der Waals surface area contributed by atoms with Gasteiger partial charge in [-0.1, -0.05) is 20.3 Å². The van der Waals surface area contributed by atoms with Crippen LogP contribution in [0.1, 0.15) is 50.5 Å². The number of carboxylic acids is 1. The lowest BCUT2D eigenvalue weighted by atomic mass is 10.2. The van der Waals surface area contributed by atoms with Crippen LogP contribution >= 0.6 is 11.3 Å². The van der Waals surface area contributed by atoms with Gasteiger partial charge in [-0.3, -0.25) is 4.40 Å². The van der Waals surface area contributed by atoms with Crippen molar-refractivity contribution in [2.75, 3.05) is 11.4 Å². The topological polar surface area (TPSA) is 57.8 Å². The molecular weight excluding hydrogens is 274 g/mol. The number of aromatic carboxylic acids is 1. The molecular formula is C14H21N3O2S. The molecule has 0 aliphatic heterocycles. The van der Waals surface area contributed by atoms with Gasteiger partial charge in [-0.05, 0) is 19.8 Å². The SMILES string of the molecule is CCCCN(c1nc2sccn2c1C(=O)O)C(C)CC. The molecule has 1 atom stereocenters. The first-order chi connectivity index (χ1) is 9.60. The minimum absolute atomic E-state index is 0.276. The molecule has 110 valence electrons. The molecule has 6 heteroatoms. The molecule has 2 heterocycles. The quantitative estimate of drug-likeness (QED) is 0.849. The summed E-state index contributed by atoms with van der Waals surface area (Å²) in [6, 6.07) is 0.282. The Kier molecular flexibility index (Phi) is 4.65. The van der Waals surface area contributed by atoms with Gasteiger partial charge in [-0.25, -0.2) is 9.78 Å². The summed E-state index contributed by atoms with van der Waals surface area (Å²) in [6.07, 6.45) is 4.86. The summed E-state index contributed by atoms with van der Waals surface area (Å²) in [7, 11) is 0. The highest BCUT2D eigenvalue weighted by Gasteiger charge is 2.25. The molecule has 1 unspecified atom stereocenters. The lowest BCUT2D eigenvalue weighted by Gasteiger charge is -2.29. The van der Waals surface area contributed by atoms with Crippen molar-refractivity contribution in [1.29, 1.82) is 0 Å². The fraction of sp³-hybridized carbons (Fsp3) is 0.571. The van der Waals surface area contributed by atoms with Crippen LogP contribution in [0, 0.1) is 0 Å². The molecule has 0 amide bonds. The minimum atomic E-state index is -0.921. The summed E-state index contributed by atoms with van der Waals surface area (Å²) in [5.74, 6) is -0.317. The van der Waals surface area contributed by atoms with Gasteiger partial charge >= 0.3 is 5.97 Å². The Balaban J connectivity index is 2.48. The molecule has 20 heavy (non-hydrogen) atoms. The van der Waals surface area contributed by atoms with Crippen molar-refractivity contribution in [3.8, 4) is 0 Å². The van der Waals surface area contributed by atoms with E-state index in [2.05, 4.69) is 30.7 Å². The van der Waals surface area contributed by atoms with Crippen LogP contribution < -0.4 is 4.90 Å². The number of hydrogen-bond acceptors (Lipinski definition) is 4. The zero-order valence-electron chi connectivity index (χ0n) is 12.2. The van der Waals surface area contributed by atoms with Gasteiger partial charge in [-0.15, -0.1) is 11.3 Å². The second-order valence-electron chi connectivity index (χ2n) is 4.95. The maximum Gasteiger partial charge on any atom is 0.356 e. The molecule has 0 aliphatic carbocycles. The van der Waals surface area contributed by atoms with E-state index in [0.717, 1.165) is 30.8 Å². The number of unbranched alkanes of at least 4 members (excludes halogenated alkanes) is 1. The summed E-state index contributed by atoms with van der Waals surface area (Å²) in [5.41, 5.74) is 0.276. The third-order valence-corrected chi connectivity index (χ3v) is 4.35. The van der Waals surface area contributed by atoms with Crippen molar-refractivity contribution in [3.63, 3.8) is 0 Å². The molecule has 0 saturated heterocycles. The Bertz CT molecular complexity index is 590. The van der Waals surface area contributed by atoms with Gasteiger partial charge < -0.3 is 10.0 Å². The Morgan fingerprint density at radius 3 is 2.90 bits per heavy atom. The number of carbonyl (C=O) groups is 1. The average molecular weight is 295 g/mol. The van der Waals surface area contributed by atoms with E-state index in [4.69, 9.17) is 0 Å². The number of nitrogens with zero attached hydrogens (tertiary/aromatic N) is 3. The largest absolute Gasteiger partial charge is 0.476 e. The fourth-order valence-electron chi connectivity index (χ4n) is 2.26. The fourth-order valence-corrected chi connectivity index (χ4v) is 2.97. The van der Waals surface area contributed by atoms with Crippen LogP contribution in [0.5, 0.6) is 0 Å². The number of fused-ring (bicyclic) bond motifs is 1. The molecule has 1 N–H and O–H groups in total. The van der Waals surface area contributed by atoms with E-state index in [0.29, 0.717) is 5.82 Å². The van der Waals surface area contributed by atoms with Crippen molar-refractivity contribution >= 4 is 28.1 Å². The maximum atomic E-state index is 11.6. The molecule has 2 aromatic heterocycles. The molecule has 5 nitrogen and oxygen atoms in total. The van der Waals surface area contributed by atoms with Gasteiger partial charge in [0, 0.05) is 24.2 Å². The Hall–Kier alpha value is -1.56. The van der Waals surface area contributed by atoms with Crippen LogP contribution in [0.3, 0.4) is 0 Å². The highest BCUT2D eigenvalue weighted by atomic mass is 32.1. The normalized spacial score (nSPS) is 12.8. The van der Waals surface area contributed by atoms with E-state index in [-0.39, 0.29) is 11.7 Å². The lowest BCUT2D eigenvalue weighted by Crippen LogP contribution is -2.35. The van der Waals surface area contributed by atoms with Crippen molar-refractivity contribution in [3.05, 3.63) is 17.3 Å². The van der Waals surface area contributed by atoms with Crippen molar-refractivity contribution in [2.24, 2.45) is 0 Å². The molecule has 0 fully saturated rings. The molecule has 2 rings (SSSR count). The molecule has 0 bridgehead atoms. The molecule has 0 radical (unpaired) electrons. The van der Waals surface area contributed by atoms with Gasteiger partial charge in [0.15, 0.2) is 16.5 Å². The van der Waals surface area contributed by atoms with E-state index >= 15 is 0 Å². The second kappa shape index (κ2) is 6.26. The highest BCUT2D eigenvalue weighted by Crippen LogP contribution is 2.27. The van der Waals surface area contributed by atoms with Gasteiger partial charge in [0.25, 0.3) is 0 Å². The number of imidazole rings is 1. The van der Waals surface area contributed by atoms with E-state index in [9.17, 15) is 9.90 Å². The third-order valence-electron chi connectivity index (χ3n) is 3.59. The number of thiazole rings is 1. The zero-order valence-corrected chi connectivity index (χ0v) is 13.0. The number of hydrogen-bond donors (Lipinski definition) is 1. The number of rotatable bonds is 7. The Labute approximate surface area is 122 Å². The molecule has 0 spiro atoms. The van der Waals surface area contributed by atoms with E-state index < -0.39 is 5.97 Å². The molecule has 0 saturated carbocycles. The minimum Gasteiger partial charge on any atom is -0.476 e. The van der Waals surface area contributed by atoms with Crippen LogP contribution in [0.25, 0.3) is 4.96 Å². The molecule has 2 aromatic rings. The number of aromatic nitrogens is 2. The summed E-state index contributed by atoms with van der Waals surface area (Å²) in [4.78, 5) is 19.0. The number of carboxylic acid groups (broad SMARTS) is 1. The molecule has 0 aromatic carbocycles. The number of anilines is 1. The summed E-state index contributed by atoms with van der Waals surface area (Å²) < 4.78 is 1.67. The molecule has 0 aliphatic rings. The van der Waals surface area contributed by atoms with Gasteiger partial charge in [0.2, 0.25) is 0 Å². The standard InChI is InChI=1S/C14H21N3O2S/c1-4-6-7-16(10(3)5-2)12-11(13(18)19)17-8-9-20-14(17)15-12/h8-10H,4-7H2,1-3H3,(H,18,19). The summed E-state index contributed by atoms with van der Waals surface area (Å²) >= 11 is 1.46. The van der Waals surface area contributed by atoms with E-state index in [1.165, 1.54) is 11.3 Å². The first kappa shape index (κ1) is 14.8. The highest BCUT2D eigenvalue weighted by molar-refractivity contribution is 7.15. The van der Waals surface area contributed by atoms with Gasteiger partial charge in [-0.2, -0.15) is 0 Å². The van der Waals surface area contributed by atoms with Crippen LogP contribution in [0.15, 0.2) is 11.6 Å². The van der Waals surface area contributed by atoms with Gasteiger partial charge in [0.05, 0.1) is 0 Å². The third kappa shape index (κ3) is 2.65. The van der Waals surface area contributed by atoms with E-state index in [1.807, 2.05) is 5.38 Å². The smallest absolute Gasteiger partial charge is 0.356 e. The predicted molar refractivity (Wildman–Crippen MR) is 82.0 cm³/mol. The van der Waals surface area contributed by atoms with Crippen molar-refractivity contribution in [2.45, 2.75) is 46.1 Å². The zero-order chi connectivity index (χ0) is 14.7. The van der Waals surface area contributed by atoms with Crippen molar-refractivity contribution in [1.82, 2.24) is 9.38 Å². The van der Waals surface area contributed by atoms with Crippen LogP contribution in [0.2, 0.25) is 0 Å². The van der Waals surface area contributed by atoms with Crippen molar-refractivity contribution < 1.29 is 9.90 Å². The maximum absolute atomic E-state index is 11.6. The van der Waals surface area contributed by atoms with E-state index in [1.54, 1.807) is 10.6 Å². The summed E-state index contributed by atoms with van der Waals surface area (Å²) in [5, 5.41) is 11.4. The van der Waals surface area contributed by atoms with Gasteiger partial charge in [0.1, 0.15) is 0 Å². The first-order valence-corrected chi connectivity index (χ1v) is 7.93. The Morgan fingerprint density at radius 2 is 2.30 bits per heavy atom. The van der Waals surface area contributed by atoms with Crippen LogP contribution in [-0.4, -0.2) is 33.0 Å². The second-order valence-corrected chi connectivity index (χ2v) is 5.82. The predicted octanol–water partition coefficient (Wildman–Crippen LogP) is 3.50. The summed E-state index contributed by atoms with van der Waals surface area (Å²) in [6.45, 7) is 7.21. The monoisotopic (exact) mass is 295 g/mol. The average Bonchev–Trinajstić information content (AvgIpc) is 2.98. The first-order valence-electron chi connectivity index (χ1n) is 7.05. The van der Waals surface area contributed by atoms with Crippen LogP contribution in [0.4, 0.5) is 5.82 Å². The lowest BCUT2D eigenvalue weighted by molar-refractivity contribution is 0.0690. The Morgan fingerprint density at radius 1 is 1.55 bits per heavy atom. The van der Waals surface area contributed by atoms with Crippen LogP contribution in [-0.2, 0) is 0 Å².